The molecule has 1 atom stereocenters. The summed E-state index contributed by atoms with van der Waals surface area (Å²) in [6.45, 7) is 18.2. The number of benzene rings is 1. The third-order valence-electron chi connectivity index (χ3n) is 7.75. The third kappa shape index (κ3) is 10.4. The van der Waals surface area contributed by atoms with Gasteiger partial charge in [-0.15, -0.1) is 0 Å². The lowest BCUT2D eigenvalue weighted by Gasteiger charge is -2.39. The Kier molecular flexibility index (Phi) is 12.1. The number of piperazine rings is 1. The number of nitrogens with one attached hydrogen (secondary N) is 1. The van der Waals surface area contributed by atoms with E-state index >= 15 is 0 Å². The minimum Gasteiger partial charge on any atom is -0.444 e. The Hall–Kier alpha value is -2.37. The smallest absolute Gasteiger partial charge is 0.410 e. The molecule has 41 heavy (non-hydrogen) atoms. The van der Waals surface area contributed by atoms with Crippen molar-refractivity contribution < 1.29 is 27.9 Å². The molecule has 12 heteroatoms. The lowest BCUT2D eigenvalue weighted by molar-refractivity contribution is -0.133. The van der Waals surface area contributed by atoms with Crippen LogP contribution in [-0.4, -0.2) is 92.5 Å². The molecule has 1 unspecified atom stereocenters. The van der Waals surface area contributed by atoms with E-state index in [1.807, 2.05) is 20.8 Å². The number of urea groups is 1. The molecule has 1 heterocycles. The number of likely N-dealkylation sites (N-methyl/N-ethyl adjacent to an activating group) is 1. The summed E-state index contributed by atoms with van der Waals surface area (Å²) in [5.74, 6) is -0.579. The van der Waals surface area contributed by atoms with Crippen LogP contribution in [0.15, 0.2) is 18.2 Å². The summed E-state index contributed by atoms with van der Waals surface area (Å²) in [4.78, 5) is 43.5. The molecule has 1 aromatic carbocycles. The summed E-state index contributed by atoms with van der Waals surface area (Å²) >= 11 is 6.05. The van der Waals surface area contributed by atoms with Gasteiger partial charge < -0.3 is 29.2 Å². The van der Waals surface area contributed by atoms with Gasteiger partial charge in [-0.2, -0.15) is 0 Å². The van der Waals surface area contributed by atoms with Crippen LogP contribution < -0.4 is 5.32 Å². The van der Waals surface area contributed by atoms with E-state index in [9.17, 15) is 18.8 Å². The molecule has 0 radical (unpaired) electrons. The van der Waals surface area contributed by atoms with Crippen molar-refractivity contribution in [1.29, 1.82) is 0 Å². The van der Waals surface area contributed by atoms with Crippen LogP contribution in [0.1, 0.15) is 59.9 Å². The van der Waals surface area contributed by atoms with Gasteiger partial charge in [0.1, 0.15) is 11.4 Å². The first-order chi connectivity index (χ1) is 18.8. The molecule has 1 aliphatic rings. The number of halogens is 2. The average Bonchev–Trinajstić information content (AvgIpc) is 2.87. The highest BCUT2D eigenvalue weighted by Gasteiger charge is 2.38. The predicted molar refractivity (Wildman–Crippen MR) is 162 cm³/mol. The van der Waals surface area contributed by atoms with Crippen LogP contribution in [0.4, 0.5) is 14.0 Å². The standard InChI is InChI=1S/C29H48ClFN4O5Si/c1-28(2,3)40-27(38)35-17-15-34(16-18-35)24(36)14-13-22(20-39-41(8,9)29(4,5)6)33(7)26(37)32-19-21-11-10-12-23(31)25(21)30/h10-12,22H,13-20H2,1-9H3,(H,32,37). The number of carbonyl (C=O) groups excluding carboxylic acids is 3. The topological polar surface area (TPSA) is 91.4 Å². The average molecular weight is 615 g/mol. The van der Waals surface area contributed by atoms with E-state index < -0.39 is 19.7 Å². The Morgan fingerprint density at radius 1 is 1.07 bits per heavy atom. The van der Waals surface area contributed by atoms with Crippen LogP contribution >= 0.6 is 11.6 Å². The van der Waals surface area contributed by atoms with Crippen LogP contribution in [0.3, 0.4) is 0 Å². The summed E-state index contributed by atoms with van der Waals surface area (Å²) in [5.41, 5.74) is -0.101. The molecule has 1 aliphatic heterocycles. The predicted octanol–water partition coefficient (Wildman–Crippen LogP) is 5.87. The Labute approximate surface area is 250 Å². The van der Waals surface area contributed by atoms with Gasteiger partial charge in [0.15, 0.2) is 8.32 Å². The van der Waals surface area contributed by atoms with Crippen molar-refractivity contribution in [3.63, 3.8) is 0 Å². The van der Waals surface area contributed by atoms with Crippen molar-refractivity contribution in [2.24, 2.45) is 0 Å². The van der Waals surface area contributed by atoms with Gasteiger partial charge in [0.25, 0.3) is 0 Å². The summed E-state index contributed by atoms with van der Waals surface area (Å²) in [5, 5.41) is 2.76. The third-order valence-corrected chi connectivity index (χ3v) is 12.7. The van der Waals surface area contributed by atoms with Crippen molar-refractivity contribution in [1.82, 2.24) is 20.0 Å². The summed E-state index contributed by atoms with van der Waals surface area (Å²) in [7, 11) is -0.447. The van der Waals surface area contributed by atoms with E-state index in [0.29, 0.717) is 44.8 Å². The molecule has 1 fully saturated rings. The molecule has 232 valence electrons. The van der Waals surface area contributed by atoms with Gasteiger partial charge >= 0.3 is 12.1 Å². The van der Waals surface area contributed by atoms with Gasteiger partial charge in [-0.25, -0.2) is 14.0 Å². The maximum Gasteiger partial charge on any atom is 0.410 e. The fourth-order valence-corrected chi connectivity index (χ4v) is 5.20. The van der Waals surface area contributed by atoms with Crippen LogP contribution in [-0.2, 0) is 20.5 Å². The molecule has 0 bridgehead atoms. The van der Waals surface area contributed by atoms with E-state index in [2.05, 4.69) is 39.2 Å². The second kappa shape index (κ2) is 14.2. The normalized spacial score (nSPS) is 15.4. The van der Waals surface area contributed by atoms with Gasteiger partial charge in [-0.3, -0.25) is 4.79 Å². The molecule has 2 rings (SSSR count). The highest BCUT2D eigenvalue weighted by Crippen LogP contribution is 2.36. The number of nitrogens with zero attached hydrogens (tertiary/aromatic N) is 3. The molecular formula is C29H48ClFN4O5Si. The van der Waals surface area contributed by atoms with Gasteiger partial charge in [0, 0.05) is 46.2 Å². The van der Waals surface area contributed by atoms with E-state index in [1.54, 1.807) is 33.9 Å². The number of ether oxygens (including phenoxy) is 1. The minimum atomic E-state index is -2.12. The van der Waals surface area contributed by atoms with E-state index in [1.165, 1.54) is 6.07 Å². The zero-order valence-corrected chi connectivity index (χ0v) is 27.9. The van der Waals surface area contributed by atoms with Crippen molar-refractivity contribution >= 4 is 37.9 Å². The van der Waals surface area contributed by atoms with Crippen LogP contribution in [0.2, 0.25) is 23.2 Å². The molecule has 4 amide bonds. The highest BCUT2D eigenvalue weighted by atomic mass is 35.5. The fraction of sp³-hybridized carbons (Fsp3) is 0.690. The first-order valence-electron chi connectivity index (χ1n) is 14.2. The second-order valence-electron chi connectivity index (χ2n) is 13.1. The molecule has 0 spiro atoms. The first kappa shape index (κ1) is 34.8. The van der Waals surface area contributed by atoms with Crippen molar-refractivity contribution in [2.45, 2.75) is 90.7 Å². The van der Waals surface area contributed by atoms with E-state index in [0.717, 1.165) is 0 Å². The van der Waals surface area contributed by atoms with Crippen LogP contribution in [0.25, 0.3) is 0 Å². The van der Waals surface area contributed by atoms with E-state index in [-0.39, 0.29) is 47.1 Å². The molecule has 1 N–H and O–H groups in total. The summed E-state index contributed by atoms with van der Waals surface area (Å²) < 4.78 is 25.7. The Balaban J connectivity index is 2.02. The Bertz CT molecular complexity index is 1070. The molecule has 0 aromatic heterocycles. The lowest BCUT2D eigenvalue weighted by atomic mass is 10.1. The lowest BCUT2D eigenvalue weighted by Crippen LogP contribution is -2.52. The van der Waals surface area contributed by atoms with Crippen molar-refractivity contribution in [3.05, 3.63) is 34.6 Å². The number of hydrogen-bond acceptors (Lipinski definition) is 5. The van der Waals surface area contributed by atoms with Crippen molar-refractivity contribution in [3.8, 4) is 0 Å². The SMILES string of the molecule is CN(C(=O)NCc1cccc(F)c1Cl)C(CCC(=O)N1CCN(C(=O)OC(C)(C)C)CC1)CO[Si](C)(C)C(C)(C)C. The van der Waals surface area contributed by atoms with Crippen molar-refractivity contribution in [2.75, 3.05) is 39.8 Å². The molecule has 0 aliphatic carbocycles. The molecule has 9 nitrogen and oxygen atoms in total. The molecule has 1 aromatic rings. The van der Waals surface area contributed by atoms with Gasteiger partial charge in [-0.05, 0) is 57.0 Å². The number of hydrogen-bond donors (Lipinski definition) is 1. The minimum absolute atomic E-state index is 0.0177. The second-order valence-corrected chi connectivity index (χ2v) is 18.3. The summed E-state index contributed by atoms with van der Waals surface area (Å²) in [6, 6.07) is 3.74. The summed E-state index contributed by atoms with van der Waals surface area (Å²) in [6.07, 6.45) is 0.259. The quantitative estimate of drug-likeness (QED) is 0.351. The number of amides is 4. The fourth-order valence-electron chi connectivity index (χ4n) is 3.97. The number of rotatable bonds is 9. The monoisotopic (exact) mass is 614 g/mol. The van der Waals surface area contributed by atoms with E-state index in [4.69, 9.17) is 20.8 Å². The first-order valence-corrected chi connectivity index (χ1v) is 17.4. The van der Waals surface area contributed by atoms with Gasteiger partial charge in [0.05, 0.1) is 17.7 Å². The zero-order valence-electron chi connectivity index (χ0n) is 26.1. The molecule has 1 saturated heterocycles. The van der Waals surface area contributed by atoms with Gasteiger partial charge in [0.2, 0.25) is 5.91 Å². The Morgan fingerprint density at radius 3 is 2.22 bits per heavy atom. The van der Waals surface area contributed by atoms with Crippen LogP contribution in [0, 0.1) is 5.82 Å². The zero-order chi connectivity index (χ0) is 31.2. The maximum absolute atomic E-state index is 13.8. The highest BCUT2D eigenvalue weighted by molar-refractivity contribution is 6.74. The Morgan fingerprint density at radius 2 is 1.66 bits per heavy atom. The van der Waals surface area contributed by atoms with Crippen LogP contribution in [0.5, 0.6) is 0 Å². The number of carbonyl (C=O) groups is 3. The largest absolute Gasteiger partial charge is 0.444 e. The van der Waals surface area contributed by atoms with Gasteiger partial charge in [-0.1, -0.05) is 44.5 Å². The maximum atomic E-state index is 13.8. The molecule has 0 saturated carbocycles. The molecular weight excluding hydrogens is 567 g/mol.